The Kier molecular flexibility index (Phi) is 8.46. The highest BCUT2D eigenvalue weighted by molar-refractivity contribution is 7.67. The molecule has 0 fully saturated rings. The number of anilines is 3. The Labute approximate surface area is 240 Å². The molecule has 3 N–H and O–H groups in total. The number of hydrogen-bond acceptors (Lipinski definition) is 5. The maximum atomic E-state index is 14.1. The van der Waals surface area contributed by atoms with Gasteiger partial charge in [0.2, 0.25) is 0 Å². The summed E-state index contributed by atoms with van der Waals surface area (Å²) in [6, 6.07) is 40.0. The van der Waals surface area contributed by atoms with E-state index >= 15 is 0 Å². The molecule has 5 aromatic rings. The Bertz CT molecular complexity index is 1660. The van der Waals surface area contributed by atoms with Gasteiger partial charge in [0.15, 0.2) is 5.85 Å². The van der Waals surface area contributed by atoms with Crippen LogP contribution in [0, 0.1) is 0 Å². The van der Waals surface area contributed by atoms with Crippen LogP contribution in [0.15, 0.2) is 133 Å². The normalized spacial score (nSPS) is 13.2. The zero-order valence-corrected chi connectivity index (χ0v) is 23.5. The zero-order chi connectivity index (χ0) is 28.8. The van der Waals surface area contributed by atoms with Gasteiger partial charge >= 0.3 is 0 Å². The van der Waals surface area contributed by atoms with Gasteiger partial charge in [0.25, 0.3) is 13.3 Å². The van der Waals surface area contributed by atoms with Crippen molar-refractivity contribution >= 4 is 35.6 Å². The molecule has 0 aliphatic heterocycles. The Balaban J connectivity index is 1.52. The number of aliphatic hydroxyl groups excluding tert-OH is 1. The predicted molar refractivity (Wildman–Crippen MR) is 166 cm³/mol. The van der Waals surface area contributed by atoms with E-state index < -0.39 is 13.2 Å². The fourth-order valence-corrected chi connectivity index (χ4v) is 6.84. The first-order chi connectivity index (χ1) is 19.9. The van der Waals surface area contributed by atoms with Gasteiger partial charge in [-0.15, -0.1) is 0 Å². The van der Waals surface area contributed by atoms with Crippen molar-refractivity contribution in [3.63, 3.8) is 0 Å². The third-order valence-electron chi connectivity index (χ3n) is 6.81. The van der Waals surface area contributed by atoms with E-state index in [4.69, 9.17) is 10.3 Å². The molecule has 0 aromatic heterocycles. The number of amides is 1. The number of benzene rings is 5. The largest absolute Gasteiger partial charge is 0.397 e. The summed E-state index contributed by atoms with van der Waals surface area (Å²) in [5.41, 5.74) is 10.8. The predicted octanol–water partition coefficient (Wildman–Crippen LogP) is 7.55. The number of aliphatic hydroxyl groups is 1. The highest BCUT2D eigenvalue weighted by Crippen LogP contribution is 2.57. The molecule has 5 rings (SSSR count). The summed E-state index contributed by atoms with van der Waals surface area (Å²) in [5.74, 6) is -1.69. The maximum absolute atomic E-state index is 14.1. The molecule has 7 heteroatoms. The van der Waals surface area contributed by atoms with Crippen molar-refractivity contribution in [3.05, 3.63) is 145 Å². The van der Waals surface area contributed by atoms with Crippen LogP contribution in [0.3, 0.4) is 0 Å². The molecule has 41 heavy (non-hydrogen) atoms. The summed E-state index contributed by atoms with van der Waals surface area (Å²) in [6.45, 7) is 1.91. The van der Waals surface area contributed by atoms with E-state index in [-0.39, 0.29) is 12.5 Å². The Morgan fingerprint density at radius 3 is 2.00 bits per heavy atom. The van der Waals surface area contributed by atoms with Crippen LogP contribution in [0.4, 0.5) is 17.1 Å². The average molecular weight is 563 g/mol. The monoisotopic (exact) mass is 562 g/mol. The number of rotatable bonds is 9. The van der Waals surface area contributed by atoms with Gasteiger partial charge in [-0.25, -0.2) is 0 Å². The molecule has 0 radical (unpaired) electrons. The van der Waals surface area contributed by atoms with E-state index in [9.17, 15) is 14.5 Å². The Hall–Kier alpha value is -4.48. The molecule has 0 saturated carbocycles. The summed E-state index contributed by atoms with van der Waals surface area (Å²) >= 11 is 0. The van der Waals surface area contributed by atoms with E-state index in [2.05, 4.69) is 0 Å². The van der Waals surface area contributed by atoms with Crippen LogP contribution in [0.1, 0.15) is 28.7 Å². The molecular formula is C34H31N2O4P. The molecule has 206 valence electrons. The van der Waals surface area contributed by atoms with E-state index in [0.717, 1.165) is 11.1 Å². The summed E-state index contributed by atoms with van der Waals surface area (Å²) in [7, 11) is -3.64. The van der Waals surface area contributed by atoms with E-state index in [1.807, 2.05) is 78.9 Å². The lowest BCUT2D eigenvalue weighted by Gasteiger charge is -2.26. The van der Waals surface area contributed by atoms with E-state index in [0.29, 0.717) is 33.5 Å². The van der Waals surface area contributed by atoms with Crippen LogP contribution >= 0.6 is 7.37 Å². The van der Waals surface area contributed by atoms with Gasteiger partial charge < -0.3 is 15.4 Å². The van der Waals surface area contributed by atoms with Crippen LogP contribution in [0.2, 0.25) is 0 Å². The molecule has 0 heterocycles. The number of nitrogens with two attached hydrogens (primary N) is 1. The van der Waals surface area contributed by atoms with Crippen molar-refractivity contribution in [2.45, 2.75) is 12.8 Å². The second-order valence-corrected chi connectivity index (χ2v) is 11.9. The summed E-state index contributed by atoms with van der Waals surface area (Å²) < 4.78 is 19.5. The van der Waals surface area contributed by atoms with E-state index in [1.54, 1.807) is 66.4 Å². The van der Waals surface area contributed by atoms with Gasteiger partial charge in [-0.1, -0.05) is 84.9 Å². The van der Waals surface area contributed by atoms with Crippen molar-refractivity contribution in [2.75, 3.05) is 17.2 Å². The van der Waals surface area contributed by atoms with Crippen LogP contribution in [0.25, 0.3) is 11.1 Å². The topological polar surface area (TPSA) is 92.9 Å². The van der Waals surface area contributed by atoms with Gasteiger partial charge in [-0.05, 0) is 72.1 Å². The molecular weight excluding hydrogens is 531 g/mol. The second kappa shape index (κ2) is 12.4. The molecule has 2 unspecified atom stereocenters. The first kappa shape index (κ1) is 28.1. The molecule has 2 atom stereocenters. The third-order valence-corrected chi connectivity index (χ3v) is 9.41. The van der Waals surface area contributed by atoms with Crippen LogP contribution in [0.5, 0.6) is 0 Å². The van der Waals surface area contributed by atoms with Gasteiger partial charge in [0, 0.05) is 16.6 Å². The van der Waals surface area contributed by atoms with Crippen LogP contribution in [-0.2, 0) is 9.09 Å². The number of nitrogen functional groups attached to an aromatic ring is 1. The minimum absolute atomic E-state index is 0.176. The molecule has 0 spiro atoms. The first-order valence-electron chi connectivity index (χ1n) is 13.3. The van der Waals surface area contributed by atoms with Crippen LogP contribution < -0.4 is 15.9 Å². The minimum Gasteiger partial charge on any atom is -0.397 e. The summed E-state index contributed by atoms with van der Waals surface area (Å²) in [6.07, 6.45) is 0. The molecule has 0 aliphatic carbocycles. The lowest BCUT2D eigenvalue weighted by molar-refractivity contribution is 0.0999. The molecule has 0 bridgehead atoms. The minimum atomic E-state index is -3.64. The highest BCUT2D eigenvalue weighted by atomic mass is 31.2. The highest BCUT2D eigenvalue weighted by Gasteiger charge is 2.36. The standard InChI is InChI=1S/C34H31N2O4P/c1-2-40-41(39,30-16-10-5-11-17-30)34(38)27-20-18-26(19-21-27)33(37)36(29-14-8-4-9-15-29)32-24-28(22-23-31(32)35)25-12-6-3-7-13-25/h3-24,34,38H,2,35H2,1H3. The third kappa shape index (κ3) is 5.86. The van der Waals surface area contributed by atoms with Crippen molar-refractivity contribution in [1.29, 1.82) is 0 Å². The van der Waals surface area contributed by atoms with E-state index in [1.165, 1.54) is 0 Å². The number of nitrogens with zero attached hydrogens (tertiary/aromatic N) is 1. The second-order valence-electron chi connectivity index (χ2n) is 9.46. The van der Waals surface area contributed by atoms with Crippen molar-refractivity contribution < 1.29 is 19.0 Å². The average Bonchev–Trinajstić information content (AvgIpc) is 3.03. The molecule has 1 amide bonds. The van der Waals surface area contributed by atoms with Crippen LogP contribution in [-0.4, -0.2) is 17.6 Å². The lowest BCUT2D eigenvalue weighted by atomic mass is 10.0. The fourth-order valence-electron chi connectivity index (χ4n) is 4.73. The van der Waals surface area contributed by atoms with Gasteiger partial charge in [-0.2, -0.15) is 0 Å². The Morgan fingerprint density at radius 2 is 1.39 bits per heavy atom. The van der Waals surface area contributed by atoms with Gasteiger partial charge in [0.1, 0.15) is 0 Å². The molecule has 5 aromatic carbocycles. The quantitative estimate of drug-likeness (QED) is 0.143. The van der Waals surface area contributed by atoms with Crippen molar-refractivity contribution in [1.82, 2.24) is 0 Å². The van der Waals surface area contributed by atoms with Crippen molar-refractivity contribution in [3.8, 4) is 11.1 Å². The fraction of sp³-hybridized carbons (Fsp3) is 0.0882. The number of carbonyl (C=O) groups is 1. The SMILES string of the molecule is CCOP(=O)(c1ccccc1)C(O)c1ccc(C(=O)N(c2ccccc2)c2cc(-c3ccccc3)ccc2N)cc1. The van der Waals surface area contributed by atoms with Gasteiger partial charge in [-0.3, -0.25) is 14.3 Å². The summed E-state index contributed by atoms with van der Waals surface area (Å²) in [4.78, 5) is 15.7. The number of carbonyl (C=O) groups excluding carboxylic acids is 1. The zero-order valence-electron chi connectivity index (χ0n) is 22.6. The van der Waals surface area contributed by atoms with Crippen molar-refractivity contribution in [2.24, 2.45) is 0 Å². The lowest BCUT2D eigenvalue weighted by Crippen LogP contribution is -2.27. The summed E-state index contributed by atoms with van der Waals surface area (Å²) in [5, 5.41) is 11.6. The maximum Gasteiger partial charge on any atom is 0.264 e. The molecule has 6 nitrogen and oxygen atoms in total. The van der Waals surface area contributed by atoms with Gasteiger partial charge in [0.05, 0.1) is 18.0 Å². The smallest absolute Gasteiger partial charge is 0.264 e. The molecule has 0 saturated heterocycles. The number of para-hydroxylation sites is 1. The molecule has 0 aliphatic rings. The number of hydrogen-bond donors (Lipinski definition) is 2. The first-order valence-corrected chi connectivity index (χ1v) is 15.0. The Morgan fingerprint density at radius 1 is 0.805 bits per heavy atom.